The van der Waals surface area contributed by atoms with Crippen LogP contribution in [0.25, 0.3) is 0 Å². The van der Waals surface area contributed by atoms with Crippen molar-refractivity contribution in [3.8, 4) is 0 Å². The summed E-state index contributed by atoms with van der Waals surface area (Å²) in [6.45, 7) is 4.89. The lowest BCUT2D eigenvalue weighted by Gasteiger charge is -2.06. The van der Waals surface area contributed by atoms with Crippen LogP contribution < -0.4 is 10.4 Å². The van der Waals surface area contributed by atoms with Crippen LogP contribution in [-0.4, -0.2) is 15.8 Å². The van der Waals surface area contributed by atoms with Gasteiger partial charge in [-0.3, -0.25) is 0 Å². The summed E-state index contributed by atoms with van der Waals surface area (Å²) in [6.07, 6.45) is 0. The van der Waals surface area contributed by atoms with E-state index in [0.29, 0.717) is 0 Å². The second-order valence-corrected chi connectivity index (χ2v) is 12.1. The Morgan fingerprint density at radius 3 is 1.19 bits per heavy atom. The van der Waals surface area contributed by atoms with Gasteiger partial charge in [0, 0.05) is 15.8 Å². The van der Waals surface area contributed by atoms with Crippen molar-refractivity contribution in [1.82, 2.24) is 0 Å². The van der Waals surface area contributed by atoms with Gasteiger partial charge >= 0.3 is 0 Å². The number of hydrogen-bond acceptors (Lipinski definition) is 0. The van der Waals surface area contributed by atoms with Crippen molar-refractivity contribution in [1.29, 1.82) is 0 Å². The highest BCUT2D eigenvalue weighted by atomic mass is 28.9. The summed E-state index contributed by atoms with van der Waals surface area (Å²) < 4.78 is 0. The van der Waals surface area contributed by atoms with Crippen LogP contribution in [0.3, 0.4) is 0 Å². The van der Waals surface area contributed by atoms with Gasteiger partial charge in [-0.05, 0) is 10.4 Å². The maximum atomic E-state index is 2.45. The molecule has 2 aromatic carbocycles. The highest BCUT2D eigenvalue weighted by Gasteiger charge is 2.03. The first-order valence-corrected chi connectivity index (χ1v) is 10.6. The molecule has 0 aliphatic heterocycles. The molecule has 0 radical (unpaired) electrons. The minimum atomic E-state index is -0.395. The zero-order valence-electron chi connectivity index (χ0n) is 9.77. The summed E-state index contributed by atoms with van der Waals surface area (Å²) >= 11 is 0. The molecule has 0 saturated carbocycles. The Labute approximate surface area is 100 Å². The van der Waals surface area contributed by atoms with Crippen molar-refractivity contribution in [2.24, 2.45) is 0 Å². The van der Waals surface area contributed by atoms with E-state index in [1.54, 1.807) is 10.4 Å². The van der Waals surface area contributed by atoms with Gasteiger partial charge in [0.2, 0.25) is 0 Å². The molecule has 0 bridgehead atoms. The Morgan fingerprint density at radius 2 is 0.875 bits per heavy atom. The molecule has 16 heavy (non-hydrogen) atoms. The van der Waals surface area contributed by atoms with Gasteiger partial charge in [-0.25, -0.2) is 0 Å². The lowest BCUT2D eigenvalue weighted by atomic mass is 10.4. The van der Waals surface area contributed by atoms with Gasteiger partial charge < -0.3 is 0 Å². The molecule has 2 heteroatoms. The van der Waals surface area contributed by atoms with E-state index < -0.39 is 15.8 Å². The minimum Gasteiger partial charge on any atom is -0.0623 e. The highest BCUT2D eigenvalue weighted by molar-refractivity contribution is 7.07. The number of rotatable bonds is 2. The fourth-order valence-corrected chi connectivity index (χ4v) is 7.66. The van der Waals surface area contributed by atoms with Crippen LogP contribution >= 0.6 is 0 Å². The molecule has 0 aliphatic rings. The van der Waals surface area contributed by atoms with Crippen molar-refractivity contribution >= 4 is 26.2 Å². The smallest absolute Gasteiger partial charge is 0.0259 e. The van der Waals surface area contributed by atoms with Gasteiger partial charge in [0.05, 0.1) is 0 Å². The zero-order valence-corrected chi connectivity index (χ0v) is 11.8. The first kappa shape index (κ1) is 11.4. The summed E-state index contributed by atoms with van der Waals surface area (Å²) in [5, 5.41) is 3.13. The van der Waals surface area contributed by atoms with Gasteiger partial charge in [0.1, 0.15) is 0 Å². The van der Waals surface area contributed by atoms with E-state index >= 15 is 0 Å². The van der Waals surface area contributed by atoms with Crippen molar-refractivity contribution in [3.63, 3.8) is 0 Å². The van der Waals surface area contributed by atoms with E-state index in [1.165, 1.54) is 0 Å². The van der Waals surface area contributed by atoms with E-state index in [0.717, 1.165) is 0 Å². The van der Waals surface area contributed by atoms with Crippen molar-refractivity contribution in [3.05, 3.63) is 60.7 Å². The maximum absolute atomic E-state index is 2.45. The summed E-state index contributed by atoms with van der Waals surface area (Å²) in [6, 6.07) is 22.0. The molecule has 0 atom stereocenters. The fraction of sp³-hybridized carbons (Fsp3) is 0.143. The van der Waals surface area contributed by atoms with E-state index in [-0.39, 0.29) is 0 Å². The molecule has 2 aromatic rings. The van der Waals surface area contributed by atoms with Crippen LogP contribution in [0, 0.1) is 0 Å². The molecule has 80 valence electrons. The summed E-state index contributed by atoms with van der Waals surface area (Å²) in [4.78, 5) is 0. The van der Waals surface area contributed by atoms with Crippen molar-refractivity contribution in [2.45, 2.75) is 13.1 Å². The quantitative estimate of drug-likeness (QED) is 0.706. The third kappa shape index (κ3) is 2.51. The Kier molecular flexibility index (Phi) is 3.75. The zero-order chi connectivity index (χ0) is 11.4. The van der Waals surface area contributed by atoms with E-state index in [2.05, 4.69) is 73.8 Å². The standard InChI is InChI=1S/C14H16Si2/c1-15(13-9-5-3-6-10-13)16(2)14-11-7-4-8-12-14/h3-12H,1-2H3. The Balaban J connectivity index is 2.43. The van der Waals surface area contributed by atoms with Gasteiger partial charge in [-0.1, -0.05) is 73.8 Å². The molecule has 0 aromatic heterocycles. The number of benzene rings is 2. The molecular formula is C14H16Si2. The molecular weight excluding hydrogens is 224 g/mol. The van der Waals surface area contributed by atoms with Gasteiger partial charge in [-0.2, -0.15) is 0 Å². The lowest BCUT2D eigenvalue weighted by Crippen LogP contribution is -2.33. The Hall–Kier alpha value is -1.13. The third-order valence-electron chi connectivity index (χ3n) is 2.98. The molecule has 0 N–H and O–H groups in total. The molecule has 0 nitrogen and oxygen atoms in total. The van der Waals surface area contributed by atoms with Crippen LogP contribution in [0.1, 0.15) is 0 Å². The average molecular weight is 240 g/mol. The first-order valence-electron chi connectivity index (χ1n) is 5.57. The largest absolute Gasteiger partial charge is 0.0623 e. The summed E-state index contributed by atoms with van der Waals surface area (Å²) in [5.41, 5.74) is 0. The molecule has 0 amide bonds. The molecule has 0 heterocycles. The maximum Gasteiger partial charge on any atom is 0.0259 e. The average Bonchev–Trinajstić information content (AvgIpc) is 2.39. The van der Waals surface area contributed by atoms with Gasteiger partial charge in [0.25, 0.3) is 0 Å². The molecule has 0 saturated heterocycles. The minimum absolute atomic E-state index is 0.395. The highest BCUT2D eigenvalue weighted by Crippen LogP contribution is 1.88. The van der Waals surface area contributed by atoms with Crippen molar-refractivity contribution in [2.75, 3.05) is 0 Å². The normalized spacial score (nSPS) is 12.1. The molecule has 0 fully saturated rings. The van der Waals surface area contributed by atoms with E-state index in [4.69, 9.17) is 0 Å². The van der Waals surface area contributed by atoms with Crippen LogP contribution in [0.15, 0.2) is 60.7 Å². The second kappa shape index (κ2) is 5.28. The fourth-order valence-electron chi connectivity index (χ4n) is 1.81. The Morgan fingerprint density at radius 1 is 0.562 bits per heavy atom. The summed E-state index contributed by atoms with van der Waals surface area (Å²) in [7, 11) is -0.791. The number of hydrogen-bond donors (Lipinski definition) is 0. The van der Waals surface area contributed by atoms with Gasteiger partial charge in [-0.15, -0.1) is 0 Å². The summed E-state index contributed by atoms with van der Waals surface area (Å²) in [5.74, 6) is 0. The van der Waals surface area contributed by atoms with Crippen LogP contribution in [0.5, 0.6) is 0 Å². The molecule has 2 rings (SSSR count). The molecule has 0 spiro atoms. The van der Waals surface area contributed by atoms with Gasteiger partial charge in [0.15, 0.2) is 0 Å². The topological polar surface area (TPSA) is 0 Å². The molecule has 0 aliphatic carbocycles. The van der Waals surface area contributed by atoms with E-state index in [9.17, 15) is 0 Å². The predicted molar refractivity (Wildman–Crippen MR) is 75.4 cm³/mol. The lowest BCUT2D eigenvalue weighted by molar-refractivity contribution is 1.75. The van der Waals surface area contributed by atoms with Crippen LogP contribution in [-0.2, 0) is 0 Å². The van der Waals surface area contributed by atoms with Crippen LogP contribution in [0.4, 0.5) is 0 Å². The monoisotopic (exact) mass is 240 g/mol. The third-order valence-corrected chi connectivity index (χ3v) is 11.6. The second-order valence-electron chi connectivity index (χ2n) is 3.98. The molecule has 0 unspecified atom stereocenters. The van der Waals surface area contributed by atoms with Crippen molar-refractivity contribution < 1.29 is 0 Å². The van der Waals surface area contributed by atoms with Crippen LogP contribution in [0.2, 0.25) is 13.1 Å². The predicted octanol–water partition coefficient (Wildman–Crippen LogP) is 2.13. The Bertz CT molecular complexity index is 439. The SMILES string of the molecule is C[Si](c1ccccc1)=[Si](C)c1ccccc1. The first-order chi connectivity index (χ1) is 7.79. The van der Waals surface area contributed by atoms with E-state index in [1.807, 2.05) is 0 Å².